The lowest BCUT2D eigenvalue weighted by molar-refractivity contribution is 0.147. The van der Waals surface area contributed by atoms with Crippen molar-refractivity contribution in [2.45, 2.75) is 51.6 Å². The molecular formula is C11H18O. The summed E-state index contributed by atoms with van der Waals surface area (Å²) in [6.07, 6.45) is 9.65. The van der Waals surface area contributed by atoms with Crippen LogP contribution in [0.1, 0.15) is 45.4 Å². The van der Waals surface area contributed by atoms with Crippen molar-refractivity contribution in [3.63, 3.8) is 0 Å². The smallest absolute Gasteiger partial charge is 0.0732 e. The Hall–Kier alpha value is -0.300. The molecule has 0 saturated heterocycles. The molecule has 1 N–H and O–H groups in total. The number of rotatable bonds is 0. The van der Waals surface area contributed by atoms with E-state index >= 15 is 0 Å². The Kier molecular flexibility index (Phi) is 1.99. The quantitative estimate of drug-likeness (QED) is 0.548. The van der Waals surface area contributed by atoms with Gasteiger partial charge in [0, 0.05) is 0 Å². The summed E-state index contributed by atoms with van der Waals surface area (Å²) in [6, 6.07) is 0. The summed E-state index contributed by atoms with van der Waals surface area (Å²) < 4.78 is 0. The minimum Gasteiger partial charge on any atom is -0.389 e. The first-order valence-electron chi connectivity index (χ1n) is 5.10. The minimum absolute atomic E-state index is 0.150. The first-order chi connectivity index (χ1) is 5.73. The van der Waals surface area contributed by atoms with Crippen LogP contribution in [0.25, 0.3) is 0 Å². The standard InChI is InChI=1S/C11H18O/c1-9-7-10(12)8-11(9)5-3-2-4-6-11/h7,10,12H,2-6,8H2,1H3. The average molecular weight is 166 g/mol. The lowest BCUT2D eigenvalue weighted by Crippen LogP contribution is -2.24. The van der Waals surface area contributed by atoms with E-state index in [1.807, 2.05) is 0 Å². The summed E-state index contributed by atoms with van der Waals surface area (Å²) in [7, 11) is 0. The van der Waals surface area contributed by atoms with Crippen molar-refractivity contribution in [3.8, 4) is 0 Å². The van der Waals surface area contributed by atoms with Crippen LogP contribution in [-0.2, 0) is 0 Å². The molecule has 0 bridgehead atoms. The molecule has 1 nitrogen and oxygen atoms in total. The molecule has 68 valence electrons. The highest BCUT2D eigenvalue weighted by molar-refractivity contribution is 5.22. The Morgan fingerprint density at radius 1 is 1.33 bits per heavy atom. The maximum Gasteiger partial charge on any atom is 0.0732 e. The van der Waals surface area contributed by atoms with Crippen molar-refractivity contribution >= 4 is 0 Å². The van der Waals surface area contributed by atoms with E-state index in [0.29, 0.717) is 5.41 Å². The molecule has 1 heteroatoms. The lowest BCUT2D eigenvalue weighted by Gasteiger charge is -2.35. The van der Waals surface area contributed by atoms with Crippen molar-refractivity contribution in [2.24, 2.45) is 5.41 Å². The third-order valence-electron chi connectivity index (χ3n) is 3.69. The van der Waals surface area contributed by atoms with E-state index in [-0.39, 0.29) is 6.10 Å². The van der Waals surface area contributed by atoms with Crippen molar-refractivity contribution in [1.29, 1.82) is 0 Å². The number of hydrogen-bond donors (Lipinski definition) is 1. The van der Waals surface area contributed by atoms with Gasteiger partial charge < -0.3 is 5.11 Å². The fraction of sp³-hybridized carbons (Fsp3) is 0.818. The van der Waals surface area contributed by atoms with Crippen LogP contribution in [0.2, 0.25) is 0 Å². The van der Waals surface area contributed by atoms with Gasteiger partial charge in [-0.25, -0.2) is 0 Å². The van der Waals surface area contributed by atoms with E-state index in [2.05, 4.69) is 13.0 Å². The summed E-state index contributed by atoms with van der Waals surface area (Å²) in [5, 5.41) is 9.54. The Balaban J connectivity index is 2.15. The summed E-state index contributed by atoms with van der Waals surface area (Å²) in [5.41, 5.74) is 1.87. The molecule has 1 saturated carbocycles. The first-order valence-corrected chi connectivity index (χ1v) is 5.10. The van der Waals surface area contributed by atoms with Gasteiger partial charge in [0.2, 0.25) is 0 Å². The van der Waals surface area contributed by atoms with Gasteiger partial charge in [0.05, 0.1) is 6.10 Å². The van der Waals surface area contributed by atoms with Crippen LogP contribution < -0.4 is 0 Å². The van der Waals surface area contributed by atoms with Crippen molar-refractivity contribution in [2.75, 3.05) is 0 Å². The molecule has 0 heterocycles. The van der Waals surface area contributed by atoms with Gasteiger partial charge in [-0.3, -0.25) is 0 Å². The number of allylic oxidation sites excluding steroid dienone is 1. The summed E-state index contributed by atoms with van der Waals surface area (Å²) in [4.78, 5) is 0. The van der Waals surface area contributed by atoms with Gasteiger partial charge in [-0.05, 0) is 31.6 Å². The largest absolute Gasteiger partial charge is 0.389 e. The van der Waals surface area contributed by atoms with Crippen LogP contribution in [0.3, 0.4) is 0 Å². The van der Waals surface area contributed by atoms with Crippen LogP contribution in [-0.4, -0.2) is 11.2 Å². The van der Waals surface area contributed by atoms with Crippen LogP contribution in [0.4, 0.5) is 0 Å². The second-order valence-electron chi connectivity index (χ2n) is 4.46. The van der Waals surface area contributed by atoms with Gasteiger partial charge in [0.1, 0.15) is 0 Å². The molecule has 1 unspecified atom stereocenters. The second kappa shape index (κ2) is 2.88. The van der Waals surface area contributed by atoms with E-state index in [1.54, 1.807) is 0 Å². The Morgan fingerprint density at radius 2 is 2.00 bits per heavy atom. The van der Waals surface area contributed by atoms with Gasteiger partial charge >= 0.3 is 0 Å². The molecule has 0 amide bonds. The minimum atomic E-state index is -0.150. The van der Waals surface area contributed by atoms with E-state index < -0.39 is 0 Å². The van der Waals surface area contributed by atoms with Crippen LogP contribution >= 0.6 is 0 Å². The molecule has 2 aliphatic rings. The maximum absolute atomic E-state index is 9.54. The lowest BCUT2D eigenvalue weighted by atomic mass is 9.70. The molecule has 0 aliphatic heterocycles. The number of aliphatic hydroxyl groups excluding tert-OH is 1. The highest BCUT2D eigenvalue weighted by atomic mass is 16.3. The monoisotopic (exact) mass is 166 g/mol. The molecule has 2 aliphatic carbocycles. The third kappa shape index (κ3) is 1.20. The van der Waals surface area contributed by atoms with Crippen LogP contribution in [0.15, 0.2) is 11.6 Å². The third-order valence-corrected chi connectivity index (χ3v) is 3.69. The molecule has 0 radical (unpaired) electrons. The Labute approximate surface area is 74.5 Å². The van der Waals surface area contributed by atoms with Gasteiger partial charge in [0.25, 0.3) is 0 Å². The normalized spacial score (nSPS) is 33.8. The van der Waals surface area contributed by atoms with Gasteiger partial charge in [0.15, 0.2) is 0 Å². The topological polar surface area (TPSA) is 20.2 Å². The fourth-order valence-electron chi connectivity index (χ4n) is 2.91. The Morgan fingerprint density at radius 3 is 2.50 bits per heavy atom. The molecule has 1 atom stereocenters. The molecule has 1 fully saturated rings. The molecule has 1 spiro atoms. The number of hydrogen-bond acceptors (Lipinski definition) is 1. The summed E-state index contributed by atoms with van der Waals surface area (Å²) >= 11 is 0. The zero-order valence-corrected chi connectivity index (χ0v) is 7.84. The molecule has 0 aromatic rings. The predicted octanol–water partition coefficient (Wildman–Crippen LogP) is 2.65. The van der Waals surface area contributed by atoms with Crippen molar-refractivity contribution in [3.05, 3.63) is 11.6 Å². The summed E-state index contributed by atoms with van der Waals surface area (Å²) in [6.45, 7) is 2.20. The number of aliphatic hydroxyl groups is 1. The first kappa shape index (κ1) is 8.31. The SMILES string of the molecule is CC1=CC(O)CC12CCCCC2. The van der Waals surface area contributed by atoms with E-state index in [4.69, 9.17) is 0 Å². The fourth-order valence-corrected chi connectivity index (χ4v) is 2.91. The molecule has 2 rings (SSSR count). The second-order valence-corrected chi connectivity index (χ2v) is 4.46. The highest BCUT2D eigenvalue weighted by Gasteiger charge is 2.39. The van der Waals surface area contributed by atoms with Crippen LogP contribution in [0, 0.1) is 5.41 Å². The molecular weight excluding hydrogens is 148 g/mol. The highest BCUT2D eigenvalue weighted by Crippen LogP contribution is 2.49. The molecule has 12 heavy (non-hydrogen) atoms. The van der Waals surface area contributed by atoms with Crippen molar-refractivity contribution in [1.82, 2.24) is 0 Å². The van der Waals surface area contributed by atoms with E-state index in [1.165, 1.54) is 37.7 Å². The van der Waals surface area contributed by atoms with Crippen LogP contribution in [0.5, 0.6) is 0 Å². The zero-order valence-electron chi connectivity index (χ0n) is 7.84. The predicted molar refractivity (Wildman–Crippen MR) is 49.9 cm³/mol. The zero-order chi connectivity index (χ0) is 8.60. The van der Waals surface area contributed by atoms with E-state index in [9.17, 15) is 5.11 Å². The average Bonchev–Trinajstić information content (AvgIpc) is 2.29. The maximum atomic E-state index is 9.54. The van der Waals surface area contributed by atoms with Gasteiger partial charge in [-0.15, -0.1) is 0 Å². The summed E-state index contributed by atoms with van der Waals surface area (Å²) in [5.74, 6) is 0. The van der Waals surface area contributed by atoms with Gasteiger partial charge in [-0.2, -0.15) is 0 Å². The van der Waals surface area contributed by atoms with E-state index in [0.717, 1.165) is 6.42 Å². The van der Waals surface area contributed by atoms with Crippen molar-refractivity contribution < 1.29 is 5.11 Å². The Bertz CT molecular complexity index is 199. The molecule has 0 aromatic heterocycles. The molecule has 0 aromatic carbocycles. The van der Waals surface area contributed by atoms with Gasteiger partial charge in [-0.1, -0.05) is 30.9 Å².